The molecule has 6 nitrogen and oxygen atoms in total. The van der Waals surface area contributed by atoms with E-state index in [1.54, 1.807) is 12.1 Å². The predicted molar refractivity (Wildman–Crippen MR) is 135 cm³/mol. The lowest BCUT2D eigenvalue weighted by Crippen LogP contribution is -2.15. The number of anilines is 2. The lowest BCUT2D eigenvalue weighted by Gasteiger charge is -2.14. The number of amides is 1. The third kappa shape index (κ3) is 6.60. The van der Waals surface area contributed by atoms with Crippen molar-refractivity contribution in [3.63, 3.8) is 0 Å². The minimum absolute atomic E-state index is 0.106. The first-order chi connectivity index (χ1) is 16.8. The highest BCUT2D eigenvalue weighted by atomic mass is 32.2. The van der Waals surface area contributed by atoms with Gasteiger partial charge in [0.2, 0.25) is 0 Å². The second kappa shape index (κ2) is 10.9. The fourth-order valence-corrected chi connectivity index (χ4v) is 5.48. The Bertz CT molecular complexity index is 1270. The van der Waals surface area contributed by atoms with Crippen LogP contribution in [0.4, 0.5) is 15.8 Å². The van der Waals surface area contributed by atoms with Gasteiger partial charge in [-0.05, 0) is 72.5 Å². The molecule has 4 rings (SSSR count). The Morgan fingerprint density at radius 1 is 0.914 bits per heavy atom. The van der Waals surface area contributed by atoms with Crippen LogP contribution in [0.1, 0.15) is 54.4 Å². The van der Waals surface area contributed by atoms with Crippen molar-refractivity contribution in [1.82, 2.24) is 0 Å². The third-order valence-electron chi connectivity index (χ3n) is 6.34. The number of hydrogen-bond acceptors (Lipinski definition) is 4. The van der Waals surface area contributed by atoms with Crippen molar-refractivity contribution in [1.29, 1.82) is 0 Å². The Labute approximate surface area is 205 Å². The van der Waals surface area contributed by atoms with Crippen LogP contribution >= 0.6 is 0 Å². The van der Waals surface area contributed by atoms with Crippen molar-refractivity contribution < 1.29 is 22.7 Å². The fraction of sp³-hybridized carbons (Fsp3) is 0.296. The molecule has 1 fully saturated rings. The molecular weight excluding hydrogens is 467 g/mol. The van der Waals surface area contributed by atoms with Crippen LogP contribution in [0, 0.1) is 11.7 Å². The molecule has 3 aromatic rings. The number of aromatic hydroxyl groups is 1. The predicted octanol–water partition coefficient (Wildman–Crippen LogP) is 6.10. The lowest BCUT2D eigenvalue weighted by atomic mass is 9.92. The van der Waals surface area contributed by atoms with Gasteiger partial charge in [0.25, 0.3) is 15.9 Å². The van der Waals surface area contributed by atoms with Gasteiger partial charge in [0, 0.05) is 11.3 Å². The van der Waals surface area contributed by atoms with Crippen molar-refractivity contribution in [3.05, 3.63) is 83.7 Å². The molecule has 1 aliphatic rings. The summed E-state index contributed by atoms with van der Waals surface area (Å²) in [6, 6.07) is 16.0. The van der Waals surface area contributed by atoms with Gasteiger partial charge in [-0.3, -0.25) is 9.52 Å². The highest BCUT2D eigenvalue weighted by Gasteiger charge is 2.18. The van der Waals surface area contributed by atoms with Crippen LogP contribution in [0.5, 0.6) is 5.75 Å². The van der Waals surface area contributed by atoms with Crippen LogP contribution in [-0.4, -0.2) is 19.4 Å². The molecule has 0 aliphatic heterocycles. The number of phenolic OH excluding ortho intramolecular Hbond substituents is 1. The highest BCUT2D eigenvalue weighted by molar-refractivity contribution is 7.92. The molecule has 1 aliphatic carbocycles. The second-order valence-electron chi connectivity index (χ2n) is 9.00. The van der Waals surface area contributed by atoms with Gasteiger partial charge in [-0.1, -0.05) is 50.7 Å². The highest BCUT2D eigenvalue weighted by Crippen LogP contribution is 2.30. The summed E-state index contributed by atoms with van der Waals surface area (Å²) < 4.78 is 40.6. The quantitative estimate of drug-likeness (QED) is 0.209. The molecule has 0 saturated heterocycles. The van der Waals surface area contributed by atoms with Gasteiger partial charge in [-0.2, -0.15) is 0 Å². The number of sulfonamides is 1. The topological polar surface area (TPSA) is 95.5 Å². The first-order valence-electron chi connectivity index (χ1n) is 11.8. The molecule has 0 spiro atoms. The summed E-state index contributed by atoms with van der Waals surface area (Å²) in [6.45, 7) is 0. The molecule has 0 bridgehead atoms. The number of carbonyl (C=O) groups excluding carboxylic acids is 1. The number of halogens is 1. The van der Waals surface area contributed by atoms with Crippen molar-refractivity contribution >= 4 is 27.3 Å². The van der Waals surface area contributed by atoms with Crippen molar-refractivity contribution in [2.75, 3.05) is 10.0 Å². The SMILES string of the molecule is O=C(Nc1ccc(O)c(NS(=O)(=O)c2ccc(F)cc2)c1)c1ccc(CC2CCCCCC2)cc1. The summed E-state index contributed by atoms with van der Waals surface area (Å²) >= 11 is 0. The number of carbonyl (C=O) groups is 1. The maximum absolute atomic E-state index is 13.1. The van der Waals surface area contributed by atoms with E-state index >= 15 is 0 Å². The molecule has 3 aromatic carbocycles. The Kier molecular flexibility index (Phi) is 7.70. The minimum atomic E-state index is -4.06. The Morgan fingerprint density at radius 2 is 1.57 bits per heavy atom. The van der Waals surface area contributed by atoms with Gasteiger partial charge in [-0.15, -0.1) is 0 Å². The average molecular weight is 497 g/mol. The van der Waals surface area contributed by atoms with Gasteiger partial charge >= 0.3 is 0 Å². The van der Waals surface area contributed by atoms with Crippen molar-refractivity contribution in [3.8, 4) is 5.75 Å². The van der Waals surface area contributed by atoms with Crippen LogP contribution in [-0.2, 0) is 16.4 Å². The Morgan fingerprint density at radius 3 is 2.23 bits per heavy atom. The van der Waals surface area contributed by atoms with Gasteiger partial charge < -0.3 is 10.4 Å². The summed E-state index contributed by atoms with van der Waals surface area (Å²) in [5, 5.41) is 12.9. The summed E-state index contributed by atoms with van der Waals surface area (Å²) in [4.78, 5) is 12.6. The van der Waals surface area contributed by atoms with Gasteiger partial charge in [0.15, 0.2) is 0 Å². The van der Waals surface area contributed by atoms with Crippen LogP contribution in [0.15, 0.2) is 71.6 Å². The molecule has 1 saturated carbocycles. The molecule has 184 valence electrons. The van der Waals surface area contributed by atoms with E-state index in [-0.39, 0.29) is 22.2 Å². The van der Waals surface area contributed by atoms with E-state index in [0.29, 0.717) is 17.2 Å². The minimum Gasteiger partial charge on any atom is -0.506 e. The summed E-state index contributed by atoms with van der Waals surface area (Å²) in [6.07, 6.45) is 8.77. The number of rotatable bonds is 7. The van der Waals surface area contributed by atoms with Crippen LogP contribution in [0.25, 0.3) is 0 Å². The van der Waals surface area contributed by atoms with Crippen LogP contribution in [0.3, 0.4) is 0 Å². The molecule has 0 unspecified atom stereocenters. The third-order valence-corrected chi connectivity index (χ3v) is 7.72. The number of hydrogen-bond donors (Lipinski definition) is 3. The number of benzene rings is 3. The second-order valence-corrected chi connectivity index (χ2v) is 10.7. The Hall–Kier alpha value is -3.39. The van der Waals surface area contributed by atoms with E-state index in [1.807, 2.05) is 12.1 Å². The van der Waals surface area contributed by atoms with E-state index < -0.39 is 15.8 Å². The van der Waals surface area contributed by atoms with Crippen molar-refractivity contribution in [2.45, 2.75) is 49.8 Å². The molecule has 3 N–H and O–H groups in total. The molecule has 0 atom stereocenters. The lowest BCUT2D eigenvalue weighted by molar-refractivity contribution is 0.102. The monoisotopic (exact) mass is 496 g/mol. The van der Waals surface area contributed by atoms with Gasteiger partial charge in [-0.25, -0.2) is 12.8 Å². The molecule has 8 heteroatoms. The normalized spacial score (nSPS) is 14.8. The molecule has 35 heavy (non-hydrogen) atoms. The zero-order valence-electron chi connectivity index (χ0n) is 19.3. The van der Waals surface area contributed by atoms with Crippen LogP contribution in [0.2, 0.25) is 0 Å². The standard InChI is InChI=1S/C27H29FN2O4S/c28-22-11-14-24(15-12-22)35(33,34)30-25-18-23(13-16-26(25)31)29-27(32)21-9-7-20(8-10-21)17-19-5-3-1-2-4-6-19/h7-16,18-19,30-31H,1-6,17H2,(H,29,32). The van der Waals surface area contributed by atoms with Gasteiger partial charge in [0.05, 0.1) is 10.6 Å². The van der Waals surface area contributed by atoms with Crippen molar-refractivity contribution in [2.24, 2.45) is 5.92 Å². The summed E-state index contributed by atoms with van der Waals surface area (Å²) in [7, 11) is -4.06. The maximum Gasteiger partial charge on any atom is 0.262 e. The smallest absolute Gasteiger partial charge is 0.262 e. The molecule has 0 heterocycles. The fourth-order valence-electron chi connectivity index (χ4n) is 4.41. The zero-order valence-corrected chi connectivity index (χ0v) is 20.2. The summed E-state index contributed by atoms with van der Waals surface area (Å²) in [5.41, 5.74) is 1.91. The molecule has 0 radical (unpaired) electrons. The maximum atomic E-state index is 13.1. The molecule has 1 amide bonds. The van der Waals surface area contributed by atoms with E-state index in [4.69, 9.17) is 0 Å². The summed E-state index contributed by atoms with van der Waals surface area (Å²) in [5.74, 6) is -0.513. The van der Waals surface area contributed by atoms with Crippen LogP contribution < -0.4 is 10.0 Å². The molecule has 0 aromatic heterocycles. The largest absolute Gasteiger partial charge is 0.506 e. The number of phenols is 1. The van der Waals surface area contributed by atoms with E-state index in [2.05, 4.69) is 10.0 Å². The van der Waals surface area contributed by atoms with E-state index in [1.165, 1.54) is 62.3 Å². The van der Waals surface area contributed by atoms with E-state index in [9.17, 15) is 22.7 Å². The Balaban J connectivity index is 1.42. The van der Waals surface area contributed by atoms with E-state index in [0.717, 1.165) is 30.7 Å². The molecular formula is C27H29FN2O4S. The first-order valence-corrected chi connectivity index (χ1v) is 13.3. The first kappa shape index (κ1) is 24.7. The number of nitrogens with one attached hydrogen (secondary N) is 2. The zero-order chi connectivity index (χ0) is 24.8. The van der Waals surface area contributed by atoms with Gasteiger partial charge in [0.1, 0.15) is 11.6 Å². The average Bonchev–Trinajstić information content (AvgIpc) is 3.10.